The summed E-state index contributed by atoms with van der Waals surface area (Å²) in [6.45, 7) is -0.118. The monoisotopic (exact) mass is 241 g/mol. The van der Waals surface area contributed by atoms with E-state index in [4.69, 9.17) is 23.1 Å². The molecule has 4 nitrogen and oxygen atoms in total. The van der Waals surface area contributed by atoms with Gasteiger partial charge in [0.15, 0.2) is 5.75 Å². The van der Waals surface area contributed by atoms with E-state index in [1.165, 1.54) is 0 Å². The highest BCUT2D eigenvalue weighted by Gasteiger charge is 2.32. The van der Waals surface area contributed by atoms with Crippen LogP contribution in [0.3, 0.4) is 0 Å². The minimum Gasteiger partial charge on any atom is -0.403 e. The van der Waals surface area contributed by atoms with E-state index in [9.17, 15) is 13.2 Å². The molecule has 0 saturated carbocycles. The number of pyridine rings is 1. The van der Waals surface area contributed by atoms with Gasteiger partial charge in [0.05, 0.1) is 11.2 Å². The second-order valence-corrected chi connectivity index (χ2v) is 2.93. The van der Waals surface area contributed by atoms with Crippen LogP contribution in [-0.4, -0.2) is 11.3 Å². The molecule has 0 unspecified atom stereocenters. The lowest BCUT2D eigenvalue weighted by Gasteiger charge is -2.12. The van der Waals surface area contributed by atoms with Crippen molar-refractivity contribution in [2.45, 2.75) is 12.9 Å². The summed E-state index contributed by atoms with van der Waals surface area (Å²) in [6.07, 6.45) is -4.03. The Hall–Kier alpha value is -1.21. The third kappa shape index (κ3) is 2.87. The molecule has 84 valence electrons. The van der Waals surface area contributed by atoms with Crippen molar-refractivity contribution in [2.75, 3.05) is 5.73 Å². The van der Waals surface area contributed by atoms with Gasteiger partial charge in [0.25, 0.3) is 0 Å². The first kappa shape index (κ1) is 11.9. The molecule has 0 atom stereocenters. The molecule has 0 radical (unpaired) electrons. The molecule has 1 aromatic rings. The largest absolute Gasteiger partial charge is 0.573 e. The summed E-state index contributed by atoms with van der Waals surface area (Å²) in [5.41, 5.74) is 10.7. The maximum absolute atomic E-state index is 11.9. The first-order chi connectivity index (χ1) is 6.85. The molecule has 0 aromatic carbocycles. The number of anilines is 1. The van der Waals surface area contributed by atoms with Crippen LogP contribution in [0.1, 0.15) is 5.56 Å². The zero-order chi connectivity index (χ0) is 11.6. The van der Waals surface area contributed by atoms with E-state index in [0.717, 1.165) is 6.20 Å². The van der Waals surface area contributed by atoms with E-state index >= 15 is 0 Å². The van der Waals surface area contributed by atoms with Crippen molar-refractivity contribution in [1.29, 1.82) is 0 Å². The second-order valence-electron chi connectivity index (χ2n) is 2.55. The molecule has 1 aromatic heterocycles. The molecule has 8 heteroatoms. The van der Waals surface area contributed by atoms with Gasteiger partial charge < -0.3 is 16.2 Å². The molecular weight excluding hydrogens is 235 g/mol. The Labute approximate surface area is 88.0 Å². The number of nitrogen functional groups attached to an aromatic ring is 1. The van der Waals surface area contributed by atoms with Gasteiger partial charge in [-0.2, -0.15) is 0 Å². The molecule has 0 spiro atoms. The standard InChI is InChI=1S/C7H7ClF3N3O/c8-5-3(1-12)6(13)14-2-4(5)15-7(9,10)11/h2H,1,12H2,(H2,13,14). The van der Waals surface area contributed by atoms with Gasteiger partial charge in [-0.15, -0.1) is 13.2 Å². The summed E-state index contributed by atoms with van der Waals surface area (Å²) in [7, 11) is 0. The number of hydrogen-bond acceptors (Lipinski definition) is 4. The Kier molecular flexibility index (Phi) is 3.25. The Bertz CT molecular complexity index is 369. The maximum atomic E-state index is 11.9. The quantitative estimate of drug-likeness (QED) is 0.826. The Morgan fingerprint density at radius 3 is 2.53 bits per heavy atom. The summed E-state index contributed by atoms with van der Waals surface area (Å²) in [5, 5.41) is -0.276. The Balaban J connectivity index is 3.11. The molecular formula is C7H7ClF3N3O. The van der Waals surface area contributed by atoms with E-state index in [0.29, 0.717) is 0 Å². The van der Waals surface area contributed by atoms with E-state index in [2.05, 4.69) is 9.72 Å². The predicted octanol–water partition coefficient (Wildman–Crippen LogP) is 1.67. The lowest BCUT2D eigenvalue weighted by atomic mass is 10.2. The molecule has 0 amide bonds. The normalized spacial score (nSPS) is 11.5. The van der Waals surface area contributed by atoms with Gasteiger partial charge in [0, 0.05) is 12.1 Å². The lowest BCUT2D eigenvalue weighted by molar-refractivity contribution is -0.274. The molecule has 1 rings (SSSR count). The first-order valence-electron chi connectivity index (χ1n) is 3.74. The first-order valence-corrected chi connectivity index (χ1v) is 4.11. The molecule has 0 aliphatic heterocycles. The van der Waals surface area contributed by atoms with E-state index in [1.807, 2.05) is 0 Å². The molecule has 0 fully saturated rings. The van der Waals surface area contributed by atoms with E-state index in [-0.39, 0.29) is 22.9 Å². The number of ether oxygens (including phenoxy) is 1. The summed E-state index contributed by atoms with van der Waals surface area (Å²) < 4.78 is 39.3. The number of nitrogens with two attached hydrogens (primary N) is 2. The van der Waals surface area contributed by atoms with Crippen LogP contribution in [0.2, 0.25) is 5.02 Å². The molecule has 1 heterocycles. The summed E-state index contributed by atoms with van der Waals surface area (Å²) in [4.78, 5) is 3.48. The number of nitrogens with zero attached hydrogens (tertiary/aromatic N) is 1. The molecule has 0 aliphatic carbocycles. The summed E-state index contributed by atoms with van der Waals surface area (Å²) in [5.74, 6) is -0.629. The third-order valence-corrected chi connectivity index (χ3v) is 1.96. The van der Waals surface area contributed by atoms with Gasteiger partial charge in [0.1, 0.15) is 5.82 Å². The highest BCUT2D eigenvalue weighted by Crippen LogP contribution is 2.33. The second kappa shape index (κ2) is 4.11. The molecule has 15 heavy (non-hydrogen) atoms. The highest BCUT2D eigenvalue weighted by atomic mass is 35.5. The molecule has 0 saturated heterocycles. The van der Waals surface area contributed by atoms with Crippen molar-refractivity contribution < 1.29 is 17.9 Å². The van der Waals surface area contributed by atoms with Gasteiger partial charge >= 0.3 is 6.36 Å². The topological polar surface area (TPSA) is 74.2 Å². The van der Waals surface area contributed by atoms with Crippen LogP contribution in [-0.2, 0) is 6.54 Å². The fourth-order valence-corrected chi connectivity index (χ4v) is 1.18. The lowest BCUT2D eigenvalue weighted by Crippen LogP contribution is -2.18. The molecule has 0 aliphatic rings. The number of rotatable bonds is 2. The van der Waals surface area contributed by atoms with Crippen molar-refractivity contribution >= 4 is 17.4 Å². The van der Waals surface area contributed by atoms with Gasteiger partial charge in [-0.05, 0) is 0 Å². The van der Waals surface area contributed by atoms with Crippen molar-refractivity contribution in [3.63, 3.8) is 0 Å². The maximum Gasteiger partial charge on any atom is 0.573 e. The minimum absolute atomic E-state index is 0.0166. The van der Waals surface area contributed by atoms with Crippen molar-refractivity contribution in [3.05, 3.63) is 16.8 Å². The zero-order valence-electron chi connectivity index (χ0n) is 7.31. The molecule has 4 N–H and O–H groups in total. The Morgan fingerprint density at radius 1 is 1.47 bits per heavy atom. The van der Waals surface area contributed by atoms with E-state index < -0.39 is 12.1 Å². The van der Waals surface area contributed by atoms with Crippen LogP contribution in [0.15, 0.2) is 6.20 Å². The van der Waals surface area contributed by atoms with Crippen molar-refractivity contribution in [3.8, 4) is 5.75 Å². The third-order valence-electron chi connectivity index (χ3n) is 1.54. The van der Waals surface area contributed by atoms with Gasteiger partial charge in [-0.25, -0.2) is 4.98 Å². The van der Waals surface area contributed by atoms with Crippen LogP contribution < -0.4 is 16.2 Å². The fourth-order valence-electron chi connectivity index (χ4n) is 0.914. The number of halogens is 4. The van der Waals surface area contributed by atoms with Crippen molar-refractivity contribution in [2.24, 2.45) is 5.73 Å². The summed E-state index contributed by atoms with van der Waals surface area (Å²) >= 11 is 5.60. The van der Waals surface area contributed by atoms with Crippen LogP contribution in [0, 0.1) is 0 Å². The Morgan fingerprint density at radius 2 is 2.07 bits per heavy atom. The van der Waals surface area contributed by atoms with Gasteiger partial charge in [-0.3, -0.25) is 0 Å². The number of hydrogen-bond donors (Lipinski definition) is 2. The van der Waals surface area contributed by atoms with Crippen LogP contribution in [0.25, 0.3) is 0 Å². The molecule has 0 bridgehead atoms. The highest BCUT2D eigenvalue weighted by molar-refractivity contribution is 6.33. The van der Waals surface area contributed by atoms with Crippen molar-refractivity contribution in [1.82, 2.24) is 4.98 Å². The average molecular weight is 242 g/mol. The van der Waals surface area contributed by atoms with Crippen LogP contribution in [0.5, 0.6) is 5.75 Å². The smallest absolute Gasteiger partial charge is 0.403 e. The fraction of sp³-hybridized carbons (Fsp3) is 0.286. The SMILES string of the molecule is NCc1c(N)ncc(OC(F)(F)F)c1Cl. The van der Waals surface area contributed by atoms with E-state index in [1.54, 1.807) is 0 Å². The predicted molar refractivity (Wildman–Crippen MR) is 48.2 cm³/mol. The zero-order valence-corrected chi connectivity index (χ0v) is 8.06. The number of aromatic nitrogens is 1. The van der Waals surface area contributed by atoms with Gasteiger partial charge in [-0.1, -0.05) is 11.6 Å². The summed E-state index contributed by atoms with van der Waals surface area (Å²) in [6, 6.07) is 0. The van der Waals surface area contributed by atoms with Crippen LogP contribution in [0.4, 0.5) is 19.0 Å². The van der Waals surface area contributed by atoms with Gasteiger partial charge in [0.2, 0.25) is 0 Å². The van der Waals surface area contributed by atoms with Crippen LogP contribution >= 0.6 is 11.6 Å². The number of alkyl halides is 3. The minimum atomic E-state index is -4.83. The average Bonchev–Trinajstić information content (AvgIpc) is 2.09.